The van der Waals surface area contributed by atoms with Gasteiger partial charge in [0.25, 0.3) is 0 Å². The molecular weight excluding hydrogens is 251 g/mol. The van der Waals surface area contributed by atoms with Crippen molar-refractivity contribution in [3.63, 3.8) is 0 Å². The molecule has 0 aliphatic carbocycles. The van der Waals surface area contributed by atoms with Gasteiger partial charge in [-0.1, -0.05) is 31.9 Å². The van der Waals surface area contributed by atoms with Crippen molar-refractivity contribution in [3.8, 4) is 0 Å². The molecule has 0 amide bonds. The van der Waals surface area contributed by atoms with Gasteiger partial charge in [0, 0.05) is 18.6 Å². The molecule has 2 N–H and O–H groups in total. The number of halogens is 1. The summed E-state index contributed by atoms with van der Waals surface area (Å²) in [5.41, 5.74) is 7.75. The fourth-order valence-corrected chi connectivity index (χ4v) is 3.33. The van der Waals surface area contributed by atoms with Crippen molar-refractivity contribution in [3.05, 3.63) is 35.1 Å². The lowest BCUT2D eigenvalue weighted by Gasteiger charge is -2.36. The Morgan fingerprint density at radius 2 is 2.15 bits per heavy atom. The number of rotatable bonds is 4. The standard InChI is InChI=1S/C17H27FN2/c1-3-15-7-5-4-6-10-20(15)17(12-19)14-9-8-13(2)16(18)11-14/h8-9,11,15,17H,3-7,10,12,19H2,1-2H3. The molecule has 20 heavy (non-hydrogen) atoms. The SMILES string of the molecule is CCC1CCCCCN1C(CN)c1ccc(C)c(F)c1. The molecule has 1 saturated heterocycles. The van der Waals surface area contributed by atoms with E-state index in [2.05, 4.69) is 11.8 Å². The predicted octanol–water partition coefficient (Wildman–Crippen LogP) is 3.79. The fourth-order valence-electron chi connectivity index (χ4n) is 3.33. The summed E-state index contributed by atoms with van der Waals surface area (Å²) in [6, 6.07) is 6.30. The van der Waals surface area contributed by atoms with Gasteiger partial charge >= 0.3 is 0 Å². The van der Waals surface area contributed by atoms with Crippen LogP contribution in [0.25, 0.3) is 0 Å². The van der Waals surface area contributed by atoms with E-state index in [-0.39, 0.29) is 11.9 Å². The minimum Gasteiger partial charge on any atom is -0.329 e. The molecule has 3 heteroatoms. The normalized spacial score (nSPS) is 22.5. The largest absolute Gasteiger partial charge is 0.329 e. The van der Waals surface area contributed by atoms with Crippen LogP contribution < -0.4 is 5.73 Å². The van der Waals surface area contributed by atoms with E-state index in [1.807, 2.05) is 12.1 Å². The smallest absolute Gasteiger partial charge is 0.126 e. The third-order valence-corrected chi connectivity index (χ3v) is 4.60. The van der Waals surface area contributed by atoms with Gasteiger partial charge in [-0.15, -0.1) is 0 Å². The molecule has 112 valence electrons. The number of nitrogens with zero attached hydrogens (tertiary/aromatic N) is 1. The molecule has 2 unspecified atom stereocenters. The number of hydrogen-bond donors (Lipinski definition) is 1. The lowest BCUT2D eigenvalue weighted by molar-refractivity contribution is 0.135. The second kappa shape index (κ2) is 7.19. The zero-order valence-electron chi connectivity index (χ0n) is 12.7. The molecule has 0 aromatic heterocycles. The lowest BCUT2D eigenvalue weighted by Crippen LogP contribution is -2.41. The van der Waals surface area contributed by atoms with Gasteiger partial charge in [-0.3, -0.25) is 4.90 Å². The average Bonchev–Trinajstić information content (AvgIpc) is 2.69. The molecule has 1 aromatic carbocycles. The number of benzene rings is 1. The van der Waals surface area contributed by atoms with Crippen molar-refractivity contribution in [2.24, 2.45) is 5.73 Å². The summed E-state index contributed by atoms with van der Waals surface area (Å²) in [4.78, 5) is 2.51. The molecule has 2 nitrogen and oxygen atoms in total. The number of hydrogen-bond acceptors (Lipinski definition) is 2. The maximum absolute atomic E-state index is 13.8. The molecule has 2 rings (SSSR count). The topological polar surface area (TPSA) is 29.3 Å². The van der Waals surface area contributed by atoms with Crippen LogP contribution in [0.2, 0.25) is 0 Å². The first kappa shape index (κ1) is 15.5. The number of aryl methyl sites for hydroxylation is 1. The Hall–Kier alpha value is -0.930. The molecule has 0 radical (unpaired) electrons. The van der Waals surface area contributed by atoms with Crippen LogP contribution in [0.4, 0.5) is 4.39 Å². The summed E-state index contributed by atoms with van der Waals surface area (Å²) >= 11 is 0. The second-order valence-electron chi connectivity index (χ2n) is 5.91. The first-order valence-corrected chi connectivity index (χ1v) is 7.89. The average molecular weight is 278 g/mol. The van der Waals surface area contributed by atoms with Gasteiger partial charge in [-0.05, 0) is 49.9 Å². The van der Waals surface area contributed by atoms with Gasteiger partial charge in [-0.25, -0.2) is 4.39 Å². The maximum Gasteiger partial charge on any atom is 0.126 e. The van der Waals surface area contributed by atoms with Crippen LogP contribution in [0.3, 0.4) is 0 Å². The van der Waals surface area contributed by atoms with Crippen LogP contribution in [-0.2, 0) is 0 Å². The first-order valence-electron chi connectivity index (χ1n) is 7.89. The van der Waals surface area contributed by atoms with Crippen molar-refractivity contribution in [1.82, 2.24) is 4.90 Å². The molecule has 2 atom stereocenters. The van der Waals surface area contributed by atoms with Gasteiger partial charge < -0.3 is 5.73 Å². The second-order valence-corrected chi connectivity index (χ2v) is 5.91. The van der Waals surface area contributed by atoms with E-state index in [0.717, 1.165) is 18.5 Å². The van der Waals surface area contributed by atoms with Crippen molar-refractivity contribution in [2.45, 2.75) is 58.0 Å². The quantitative estimate of drug-likeness (QED) is 0.908. The van der Waals surface area contributed by atoms with E-state index >= 15 is 0 Å². The summed E-state index contributed by atoms with van der Waals surface area (Å²) < 4.78 is 13.8. The van der Waals surface area contributed by atoms with Gasteiger partial charge in [0.2, 0.25) is 0 Å². The molecule has 1 aliphatic rings. The Labute approximate surface area is 122 Å². The van der Waals surface area contributed by atoms with E-state index < -0.39 is 0 Å². The summed E-state index contributed by atoms with van der Waals surface area (Å²) in [6.45, 7) is 5.68. The van der Waals surface area contributed by atoms with E-state index in [1.54, 1.807) is 13.0 Å². The third-order valence-electron chi connectivity index (χ3n) is 4.60. The highest BCUT2D eigenvalue weighted by atomic mass is 19.1. The summed E-state index contributed by atoms with van der Waals surface area (Å²) in [5.74, 6) is -0.121. The number of likely N-dealkylation sites (tertiary alicyclic amines) is 1. The van der Waals surface area contributed by atoms with Crippen molar-refractivity contribution < 1.29 is 4.39 Å². The van der Waals surface area contributed by atoms with E-state index in [1.165, 1.54) is 25.7 Å². The minimum absolute atomic E-state index is 0.121. The van der Waals surface area contributed by atoms with Crippen LogP contribution >= 0.6 is 0 Å². The zero-order chi connectivity index (χ0) is 14.5. The van der Waals surface area contributed by atoms with Crippen LogP contribution in [-0.4, -0.2) is 24.0 Å². The van der Waals surface area contributed by atoms with Gasteiger partial charge in [0.15, 0.2) is 0 Å². The Morgan fingerprint density at radius 3 is 2.80 bits per heavy atom. The van der Waals surface area contributed by atoms with Crippen LogP contribution in [0.15, 0.2) is 18.2 Å². The van der Waals surface area contributed by atoms with Crippen molar-refractivity contribution >= 4 is 0 Å². The fraction of sp³-hybridized carbons (Fsp3) is 0.647. The van der Waals surface area contributed by atoms with E-state index in [4.69, 9.17) is 5.73 Å². The Bertz CT molecular complexity index is 433. The lowest BCUT2D eigenvalue weighted by atomic mass is 9.99. The van der Waals surface area contributed by atoms with Crippen LogP contribution in [0.1, 0.15) is 56.2 Å². The first-order chi connectivity index (χ1) is 9.67. The van der Waals surface area contributed by atoms with Crippen LogP contribution in [0, 0.1) is 12.7 Å². The van der Waals surface area contributed by atoms with E-state index in [0.29, 0.717) is 18.2 Å². The van der Waals surface area contributed by atoms with Crippen molar-refractivity contribution in [2.75, 3.05) is 13.1 Å². The predicted molar refractivity (Wildman–Crippen MR) is 82.2 cm³/mol. The van der Waals surface area contributed by atoms with Crippen molar-refractivity contribution in [1.29, 1.82) is 0 Å². The third kappa shape index (κ3) is 3.39. The van der Waals surface area contributed by atoms with Crippen LogP contribution in [0.5, 0.6) is 0 Å². The highest BCUT2D eigenvalue weighted by molar-refractivity contribution is 5.26. The zero-order valence-corrected chi connectivity index (χ0v) is 12.7. The molecule has 0 saturated carbocycles. The molecule has 1 aromatic rings. The summed E-state index contributed by atoms with van der Waals surface area (Å²) in [5, 5.41) is 0. The monoisotopic (exact) mass is 278 g/mol. The van der Waals surface area contributed by atoms with Gasteiger partial charge in [0.1, 0.15) is 5.82 Å². The molecule has 1 heterocycles. The maximum atomic E-state index is 13.8. The Morgan fingerprint density at radius 1 is 1.35 bits per heavy atom. The molecule has 1 aliphatic heterocycles. The van der Waals surface area contributed by atoms with Gasteiger partial charge in [0.05, 0.1) is 0 Å². The Balaban J connectivity index is 2.26. The summed E-state index contributed by atoms with van der Waals surface area (Å²) in [6.07, 6.45) is 6.20. The highest BCUT2D eigenvalue weighted by Gasteiger charge is 2.27. The molecule has 0 spiro atoms. The highest BCUT2D eigenvalue weighted by Crippen LogP contribution is 2.29. The molecule has 0 bridgehead atoms. The molecular formula is C17H27FN2. The van der Waals surface area contributed by atoms with Gasteiger partial charge in [-0.2, -0.15) is 0 Å². The Kier molecular flexibility index (Phi) is 5.55. The van der Waals surface area contributed by atoms with E-state index in [9.17, 15) is 4.39 Å². The number of nitrogens with two attached hydrogens (primary N) is 1. The summed E-state index contributed by atoms with van der Waals surface area (Å²) in [7, 11) is 0. The minimum atomic E-state index is -0.121. The molecule has 1 fully saturated rings.